The van der Waals surface area contributed by atoms with Crippen LogP contribution in [-0.2, 0) is 0 Å². The third-order valence-corrected chi connectivity index (χ3v) is 2.69. The molecule has 1 rings (SSSR count). The molecule has 0 aliphatic rings. The summed E-state index contributed by atoms with van der Waals surface area (Å²) in [6, 6.07) is 1.94. The first-order chi connectivity index (χ1) is 8.51. The van der Waals surface area contributed by atoms with Gasteiger partial charge in [-0.15, -0.1) is 0 Å². The first kappa shape index (κ1) is 14.4. The molecule has 6 heteroatoms. The van der Waals surface area contributed by atoms with Crippen LogP contribution in [0.3, 0.4) is 0 Å². The molecule has 96 valence electrons. The molecule has 0 fully saturated rings. The van der Waals surface area contributed by atoms with Crippen molar-refractivity contribution in [2.24, 2.45) is 0 Å². The van der Waals surface area contributed by atoms with E-state index >= 15 is 0 Å². The Balaban J connectivity index is 3.11. The molecule has 0 bridgehead atoms. The second kappa shape index (κ2) is 6.31. The minimum atomic E-state index is -0.339. The summed E-state index contributed by atoms with van der Waals surface area (Å²) in [6.07, 6.45) is 1.43. The van der Waals surface area contributed by atoms with Crippen molar-refractivity contribution in [2.45, 2.75) is 26.7 Å². The molecular formula is C12H15ClN4O. The first-order valence-electron chi connectivity index (χ1n) is 5.69. The van der Waals surface area contributed by atoms with Crippen LogP contribution in [0.25, 0.3) is 0 Å². The van der Waals surface area contributed by atoms with Crippen LogP contribution in [0, 0.1) is 11.3 Å². The molecule has 1 aromatic rings. The van der Waals surface area contributed by atoms with Gasteiger partial charge in [0.15, 0.2) is 5.69 Å². The molecule has 0 unspecified atom stereocenters. The molecule has 0 aliphatic heterocycles. The Labute approximate surface area is 111 Å². The smallest absolute Gasteiger partial charge is 0.274 e. The topological polar surface area (TPSA) is 69.9 Å². The Hall–Kier alpha value is -1.67. The molecule has 0 saturated carbocycles. The van der Waals surface area contributed by atoms with Crippen LogP contribution >= 0.6 is 11.6 Å². The van der Waals surface area contributed by atoms with Gasteiger partial charge in [-0.3, -0.25) is 4.79 Å². The van der Waals surface area contributed by atoms with E-state index in [0.29, 0.717) is 12.4 Å². The number of nitriles is 1. The number of aromatic nitrogens is 2. The minimum Gasteiger partial charge on any atom is -0.324 e. The van der Waals surface area contributed by atoms with E-state index in [-0.39, 0.29) is 29.1 Å². The van der Waals surface area contributed by atoms with Gasteiger partial charge in [0.05, 0.1) is 17.3 Å². The normalized spacial score (nSPS) is 10.2. The van der Waals surface area contributed by atoms with E-state index in [0.717, 1.165) is 0 Å². The molecular weight excluding hydrogens is 252 g/mol. The van der Waals surface area contributed by atoms with Crippen molar-refractivity contribution in [1.82, 2.24) is 14.9 Å². The number of nitrogens with zero attached hydrogens (tertiary/aromatic N) is 4. The van der Waals surface area contributed by atoms with E-state index in [9.17, 15) is 4.79 Å². The van der Waals surface area contributed by atoms with Crippen LogP contribution in [0.4, 0.5) is 0 Å². The lowest BCUT2D eigenvalue weighted by atomic mass is 10.2. The van der Waals surface area contributed by atoms with Crippen molar-refractivity contribution in [3.63, 3.8) is 0 Å². The Bertz CT molecular complexity index is 481. The Morgan fingerprint density at radius 3 is 2.78 bits per heavy atom. The molecule has 5 nitrogen and oxygen atoms in total. The van der Waals surface area contributed by atoms with Crippen LogP contribution < -0.4 is 0 Å². The fourth-order valence-corrected chi connectivity index (χ4v) is 1.54. The second-order valence-corrected chi connectivity index (χ2v) is 4.46. The molecule has 0 radical (unpaired) electrons. The average Bonchev–Trinajstić information content (AvgIpc) is 2.35. The molecule has 0 spiro atoms. The number of carbonyl (C=O) groups excluding carboxylic acids is 1. The van der Waals surface area contributed by atoms with Gasteiger partial charge in [0, 0.05) is 12.5 Å². The van der Waals surface area contributed by atoms with Gasteiger partial charge in [-0.1, -0.05) is 25.4 Å². The van der Waals surface area contributed by atoms with Gasteiger partial charge < -0.3 is 4.90 Å². The summed E-state index contributed by atoms with van der Waals surface area (Å²) in [5.74, 6) is 0.337. The van der Waals surface area contributed by atoms with Gasteiger partial charge in [0.2, 0.25) is 0 Å². The highest BCUT2D eigenvalue weighted by atomic mass is 35.5. The van der Waals surface area contributed by atoms with Gasteiger partial charge in [-0.05, 0) is 6.92 Å². The third kappa shape index (κ3) is 3.17. The first-order valence-corrected chi connectivity index (χ1v) is 6.07. The Kier molecular flexibility index (Phi) is 5.05. The summed E-state index contributed by atoms with van der Waals surface area (Å²) in [5.41, 5.74) is 0.160. The predicted octanol–water partition coefficient (Wildman–Crippen LogP) is 2.24. The zero-order chi connectivity index (χ0) is 13.7. The number of hydrogen-bond donors (Lipinski definition) is 0. The molecule has 0 atom stereocenters. The molecule has 18 heavy (non-hydrogen) atoms. The van der Waals surface area contributed by atoms with E-state index in [1.54, 1.807) is 6.92 Å². The van der Waals surface area contributed by atoms with Crippen molar-refractivity contribution < 1.29 is 4.79 Å². The van der Waals surface area contributed by atoms with Crippen molar-refractivity contribution >= 4 is 17.5 Å². The largest absolute Gasteiger partial charge is 0.324 e. The summed E-state index contributed by atoms with van der Waals surface area (Å²) in [4.78, 5) is 21.8. The fraction of sp³-hybridized carbons (Fsp3) is 0.500. The standard InChI is InChI=1S/C12H15ClN4O/c1-4-17(6-5-14)12(18)10-9(13)7-15-11(16-10)8(2)3/h7-8H,4,6H2,1-3H3. The quantitative estimate of drug-likeness (QED) is 0.784. The number of rotatable bonds is 4. The summed E-state index contributed by atoms with van der Waals surface area (Å²) in [6.45, 7) is 6.12. The van der Waals surface area contributed by atoms with E-state index < -0.39 is 0 Å². The highest BCUT2D eigenvalue weighted by Gasteiger charge is 2.20. The Morgan fingerprint density at radius 1 is 1.61 bits per heavy atom. The van der Waals surface area contributed by atoms with Gasteiger partial charge >= 0.3 is 0 Å². The predicted molar refractivity (Wildman–Crippen MR) is 68.3 cm³/mol. The maximum Gasteiger partial charge on any atom is 0.274 e. The molecule has 1 aromatic heterocycles. The van der Waals surface area contributed by atoms with E-state index in [1.165, 1.54) is 11.1 Å². The lowest BCUT2D eigenvalue weighted by Gasteiger charge is -2.17. The van der Waals surface area contributed by atoms with Gasteiger partial charge in [0.25, 0.3) is 5.91 Å². The van der Waals surface area contributed by atoms with Crippen molar-refractivity contribution in [3.05, 3.63) is 22.7 Å². The van der Waals surface area contributed by atoms with Crippen molar-refractivity contribution in [1.29, 1.82) is 5.26 Å². The van der Waals surface area contributed by atoms with Crippen LogP contribution in [0.5, 0.6) is 0 Å². The minimum absolute atomic E-state index is 0.0205. The number of hydrogen-bond acceptors (Lipinski definition) is 4. The molecule has 0 aromatic carbocycles. The van der Waals surface area contributed by atoms with Crippen LogP contribution in [0.2, 0.25) is 5.02 Å². The number of halogens is 1. The summed E-state index contributed by atoms with van der Waals surface area (Å²) in [5, 5.41) is 8.88. The van der Waals surface area contributed by atoms with E-state index in [4.69, 9.17) is 16.9 Å². The summed E-state index contributed by atoms with van der Waals surface area (Å²) < 4.78 is 0. The highest BCUT2D eigenvalue weighted by molar-refractivity contribution is 6.33. The summed E-state index contributed by atoms with van der Waals surface area (Å²) >= 11 is 5.94. The highest BCUT2D eigenvalue weighted by Crippen LogP contribution is 2.17. The van der Waals surface area contributed by atoms with Gasteiger partial charge in [-0.2, -0.15) is 5.26 Å². The van der Waals surface area contributed by atoms with Crippen molar-refractivity contribution in [3.8, 4) is 6.07 Å². The second-order valence-electron chi connectivity index (χ2n) is 4.06. The SMILES string of the molecule is CCN(CC#N)C(=O)c1nc(C(C)C)ncc1Cl. The van der Waals surface area contributed by atoms with Crippen molar-refractivity contribution in [2.75, 3.05) is 13.1 Å². The Morgan fingerprint density at radius 2 is 2.28 bits per heavy atom. The fourth-order valence-electron chi connectivity index (χ4n) is 1.37. The average molecular weight is 267 g/mol. The number of carbonyl (C=O) groups is 1. The monoisotopic (exact) mass is 266 g/mol. The maximum absolute atomic E-state index is 12.2. The lowest BCUT2D eigenvalue weighted by Crippen LogP contribution is -2.32. The zero-order valence-electron chi connectivity index (χ0n) is 10.6. The van der Waals surface area contributed by atoms with Crippen LogP contribution in [0.15, 0.2) is 6.20 Å². The van der Waals surface area contributed by atoms with Gasteiger partial charge in [0.1, 0.15) is 12.4 Å². The zero-order valence-corrected chi connectivity index (χ0v) is 11.4. The molecule has 1 heterocycles. The van der Waals surface area contributed by atoms with Crippen LogP contribution in [0.1, 0.15) is 43.0 Å². The molecule has 0 N–H and O–H groups in total. The maximum atomic E-state index is 12.2. The molecule has 0 saturated heterocycles. The van der Waals surface area contributed by atoms with Crippen LogP contribution in [-0.4, -0.2) is 33.9 Å². The molecule has 0 aliphatic carbocycles. The third-order valence-electron chi connectivity index (χ3n) is 2.41. The van der Waals surface area contributed by atoms with E-state index in [2.05, 4.69) is 9.97 Å². The number of amides is 1. The lowest BCUT2D eigenvalue weighted by molar-refractivity contribution is 0.0778. The summed E-state index contributed by atoms with van der Waals surface area (Å²) in [7, 11) is 0. The van der Waals surface area contributed by atoms with E-state index in [1.807, 2.05) is 19.9 Å². The molecule has 1 amide bonds. The van der Waals surface area contributed by atoms with Gasteiger partial charge in [-0.25, -0.2) is 9.97 Å².